The molecular weight excluding hydrogens is 394 g/mol. The summed E-state index contributed by atoms with van der Waals surface area (Å²) in [6.45, 7) is 0.694. The van der Waals surface area contributed by atoms with Crippen LogP contribution in [0.2, 0.25) is 0 Å². The largest absolute Gasteiger partial charge is 0.497 e. The first-order valence-electron chi connectivity index (χ1n) is 10.7. The third-order valence-electron chi connectivity index (χ3n) is 5.46. The zero-order valence-electron chi connectivity index (χ0n) is 17.8. The third-order valence-corrected chi connectivity index (χ3v) is 5.46. The number of methoxy groups -OCH3 is 1. The Balaban J connectivity index is 1.52. The summed E-state index contributed by atoms with van der Waals surface area (Å²) >= 11 is 0. The molecule has 0 spiro atoms. The minimum atomic E-state index is -0.317. The van der Waals surface area contributed by atoms with E-state index >= 15 is 0 Å². The van der Waals surface area contributed by atoms with Crippen LogP contribution in [0.4, 0.5) is 5.69 Å². The molecule has 3 amide bonds. The highest BCUT2D eigenvalue weighted by molar-refractivity contribution is 6.09. The van der Waals surface area contributed by atoms with Crippen molar-refractivity contribution in [3.05, 3.63) is 59.7 Å². The van der Waals surface area contributed by atoms with E-state index in [0.717, 1.165) is 25.7 Å². The van der Waals surface area contributed by atoms with Gasteiger partial charge >= 0.3 is 0 Å². The topological polar surface area (TPSA) is 96.5 Å². The summed E-state index contributed by atoms with van der Waals surface area (Å²) in [6.07, 6.45) is 5.30. The highest BCUT2D eigenvalue weighted by atomic mass is 16.5. The van der Waals surface area contributed by atoms with E-state index in [1.807, 2.05) is 0 Å². The first-order valence-corrected chi connectivity index (χ1v) is 10.7. The number of benzene rings is 2. The van der Waals surface area contributed by atoms with Crippen LogP contribution in [0.25, 0.3) is 0 Å². The minimum absolute atomic E-state index is 0.0705. The molecule has 1 fully saturated rings. The molecule has 2 aromatic rings. The molecular formula is C24H29N3O4. The lowest BCUT2D eigenvalue weighted by Gasteiger charge is -2.20. The lowest BCUT2D eigenvalue weighted by Crippen LogP contribution is -2.38. The molecule has 1 saturated carbocycles. The zero-order valence-corrected chi connectivity index (χ0v) is 17.8. The molecule has 0 saturated heterocycles. The van der Waals surface area contributed by atoms with Crippen molar-refractivity contribution in [1.82, 2.24) is 10.6 Å². The van der Waals surface area contributed by atoms with Gasteiger partial charge in [0.1, 0.15) is 5.75 Å². The molecule has 7 nitrogen and oxygen atoms in total. The van der Waals surface area contributed by atoms with Crippen molar-refractivity contribution in [3.8, 4) is 5.75 Å². The van der Waals surface area contributed by atoms with Gasteiger partial charge in [0.25, 0.3) is 11.8 Å². The lowest BCUT2D eigenvalue weighted by atomic mass is 9.89. The fourth-order valence-corrected chi connectivity index (χ4v) is 3.69. The summed E-state index contributed by atoms with van der Waals surface area (Å²) in [4.78, 5) is 37.3. The van der Waals surface area contributed by atoms with Crippen LogP contribution in [0, 0.1) is 5.92 Å². The maximum absolute atomic E-state index is 12.6. The van der Waals surface area contributed by atoms with E-state index < -0.39 is 0 Å². The monoisotopic (exact) mass is 423 g/mol. The number of para-hydroxylation sites is 1. The van der Waals surface area contributed by atoms with Gasteiger partial charge in [0, 0.05) is 24.6 Å². The van der Waals surface area contributed by atoms with E-state index in [-0.39, 0.29) is 23.6 Å². The predicted molar refractivity (Wildman–Crippen MR) is 119 cm³/mol. The average Bonchev–Trinajstić information content (AvgIpc) is 2.82. The molecule has 0 aliphatic heterocycles. The van der Waals surface area contributed by atoms with Gasteiger partial charge in [0.15, 0.2) is 0 Å². The number of amides is 3. The minimum Gasteiger partial charge on any atom is -0.497 e. The van der Waals surface area contributed by atoms with Gasteiger partial charge in [-0.15, -0.1) is 0 Å². The fraction of sp³-hybridized carbons (Fsp3) is 0.375. The summed E-state index contributed by atoms with van der Waals surface area (Å²) in [5, 5.41) is 8.49. The van der Waals surface area contributed by atoms with Gasteiger partial charge < -0.3 is 20.7 Å². The van der Waals surface area contributed by atoms with Crippen LogP contribution in [0.15, 0.2) is 48.5 Å². The second-order valence-electron chi connectivity index (χ2n) is 7.61. The number of carbonyl (C=O) groups excluding carboxylic acids is 3. The summed E-state index contributed by atoms with van der Waals surface area (Å²) in [5.74, 6) is 0.201. The molecule has 31 heavy (non-hydrogen) atoms. The smallest absolute Gasteiger partial charge is 0.255 e. The van der Waals surface area contributed by atoms with Gasteiger partial charge in [-0.2, -0.15) is 0 Å². The van der Waals surface area contributed by atoms with Crippen molar-refractivity contribution in [2.75, 3.05) is 25.5 Å². The van der Waals surface area contributed by atoms with Crippen molar-refractivity contribution in [1.29, 1.82) is 0 Å². The van der Waals surface area contributed by atoms with Crippen LogP contribution in [0.1, 0.15) is 52.8 Å². The first kappa shape index (κ1) is 22.3. The molecule has 3 rings (SSSR count). The SMILES string of the molecule is COc1ccc(C(=O)Nc2ccccc2C(=O)NCCNC(=O)C2CCCCC2)cc1. The van der Waals surface area contributed by atoms with Crippen LogP contribution >= 0.6 is 0 Å². The normalized spacial score (nSPS) is 13.8. The summed E-state index contributed by atoms with van der Waals surface area (Å²) in [6, 6.07) is 13.6. The Morgan fingerprint density at radius 1 is 0.871 bits per heavy atom. The predicted octanol–water partition coefficient (Wildman–Crippen LogP) is 3.37. The number of hydrogen-bond acceptors (Lipinski definition) is 4. The Hall–Kier alpha value is -3.35. The highest BCUT2D eigenvalue weighted by Gasteiger charge is 2.20. The Kier molecular flexibility index (Phi) is 8.04. The average molecular weight is 424 g/mol. The van der Waals surface area contributed by atoms with Crippen molar-refractivity contribution in [2.24, 2.45) is 5.92 Å². The number of nitrogens with one attached hydrogen (secondary N) is 3. The Labute approximate surface area is 182 Å². The first-order chi connectivity index (χ1) is 15.1. The Morgan fingerprint density at radius 3 is 2.26 bits per heavy atom. The van der Waals surface area contributed by atoms with Crippen LogP contribution in [0.5, 0.6) is 5.75 Å². The third kappa shape index (κ3) is 6.31. The maximum atomic E-state index is 12.6. The van der Waals surface area contributed by atoms with E-state index in [1.165, 1.54) is 6.42 Å². The van der Waals surface area contributed by atoms with Gasteiger partial charge in [-0.3, -0.25) is 14.4 Å². The Morgan fingerprint density at radius 2 is 1.55 bits per heavy atom. The van der Waals surface area contributed by atoms with Crippen LogP contribution < -0.4 is 20.7 Å². The van der Waals surface area contributed by atoms with E-state index in [2.05, 4.69) is 16.0 Å². The van der Waals surface area contributed by atoms with Gasteiger partial charge in [-0.1, -0.05) is 31.4 Å². The maximum Gasteiger partial charge on any atom is 0.255 e. The molecule has 0 unspecified atom stereocenters. The van der Waals surface area contributed by atoms with Crippen LogP contribution in [-0.4, -0.2) is 37.9 Å². The summed E-state index contributed by atoms with van der Waals surface area (Å²) in [5.41, 5.74) is 1.25. The van der Waals surface area contributed by atoms with E-state index in [9.17, 15) is 14.4 Å². The van der Waals surface area contributed by atoms with Crippen LogP contribution in [0.3, 0.4) is 0 Å². The highest BCUT2D eigenvalue weighted by Crippen LogP contribution is 2.23. The second-order valence-corrected chi connectivity index (χ2v) is 7.61. The van der Waals surface area contributed by atoms with E-state index in [1.54, 1.807) is 55.6 Å². The van der Waals surface area contributed by atoms with Crippen molar-refractivity contribution >= 4 is 23.4 Å². The molecule has 7 heteroatoms. The Bertz CT molecular complexity index is 905. The van der Waals surface area contributed by atoms with Gasteiger partial charge in [-0.25, -0.2) is 0 Å². The van der Waals surface area contributed by atoms with Gasteiger partial charge in [0.05, 0.1) is 18.4 Å². The summed E-state index contributed by atoms with van der Waals surface area (Å²) in [7, 11) is 1.56. The molecule has 3 N–H and O–H groups in total. The van der Waals surface area contributed by atoms with Crippen molar-refractivity contribution in [3.63, 3.8) is 0 Å². The number of rotatable bonds is 8. The van der Waals surface area contributed by atoms with Gasteiger partial charge in [-0.05, 0) is 49.2 Å². The molecule has 0 aromatic heterocycles. The van der Waals surface area contributed by atoms with E-state index in [0.29, 0.717) is 35.7 Å². The summed E-state index contributed by atoms with van der Waals surface area (Å²) < 4.78 is 5.10. The molecule has 1 aliphatic rings. The molecule has 0 radical (unpaired) electrons. The molecule has 164 valence electrons. The van der Waals surface area contributed by atoms with Crippen molar-refractivity contribution in [2.45, 2.75) is 32.1 Å². The molecule has 0 atom stereocenters. The quantitative estimate of drug-likeness (QED) is 0.567. The lowest BCUT2D eigenvalue weighted by molar-refractivity contribution is -0.125. The molecule has 2 aromatic carbocycles. The number of anilines is 1. The molecule has 1 aliphatic carbocycles. The van der Waals surface area contributed by atoms with Gasteiger partial charge in [0.2, 0.25) is 5.91 Å². The number of hydrogen-bond donors (Lipinski definition) is 3. The number of ether oxygens (including phenoxy) is 1. The second kappa shape index (κ2) is 11.2. The zero-order chi connectivity index (χ0) is 22.1. The van der Waals surface area contributed by atoms with Crippen LogP contribution in [-0.2, 0) is 4.79 Å². The molecule has 0 bridgehead atoms. The molecule has 0 heterocycles. The van der Waals surface area contributed by atoms with Crippen molar-refractivity contribution < 1.29 is 19.1 Å². The fourth-order valence-electron chi connectivity index (χ4n) is 3.69. The number of carbonyl (C=O) groups is 3. The standard InChI is InChI=1S/C24H29N3O4/c1-31-19-13-11-18(12-14-19)23(29)27-21-10-6-5-9-20(21)24(30)26-16-15-25-22(28)17-7-3-2-4-8-17/h5-6,9-14,17H,2-4,7-8,15-16H2,1H3,(H,25,28)(H,26,30)(H,27,29). The van der Waals surface area contributed by atoms with E-state index in [4.69, 9.17) is 4.74 Å².